The molecule has 1 N–H and O–H groups in total. The monoisotopic (exact) mass is 242 g/mol. The van der Waals surface area contributed by atoms with Crippen molar-refractivity contribution in [3.05, 3.63) is 42.4 Å². The van der Waals surface area contributed by atoms with Gasteiger partial charge in [0.1, 0.15) is 0 Å². The van der Waals surface area contributed by atoms with Crippen LogP contribution < -0.4 is 5.32 Å². The number of piperazine rings is 1. The fraction of sp³-hybridized carbons (Fsp3) is 0.385. The zero-order valence-corrected chi connectivity index (χ0v) is 10.2. The average Bonchev–Trinajstić information content (AvgIpc) is 2.94. The molecule has 0 atom stereocenters. The molecule has 0 spiro atoms. The summed E-state index contributed by atoms with van der Waals surface area (Å²) < 4.78 is 1.74. The second kappa shape index (κ2) is 5.29. The molecular formula is C13H16N5. The molecule has 1 saturated heterocycles. The molecule has 0 amide bonds. The van der Waals surface area contributed by atoms with Crippen molar-refractivity contribution in [3.8, 4) is 5.82 Å². The van der Waals surface area contributed by atoms with E-state index in [1.165, 1.54) is 5.56 Å². The van der Waals surface area contributed by atoms with Crippen molar-refractivity contribution in [3.63, 3.8) is 0 Å². The van der Waals surface area contributed by atoms with E-state index in [0.717, 1.165) is 38.5 Å². The van der Waals surface area contributed by atoms with Gasteiger partial charge in [0.25, 0.3) is 0 Å². The summed E-state index contributed by atoms with van der Waals surface area (Å²) >= 11 is 0. The maximum atomic E-state index is 4.32. The summed E-state index contributed by atoms with van der Waals surface area (Å²) in [6, 6.07) is 7.08. The molecule has 0 bridgehead atoms. The molecule has 0 aromatic carbocycles. The molecule has 2 aromatic rings. The largest absolute Gasteiger partial charge is 0.314 e. The number of aromatic nitrogens is 3. The molecule has 2 aromatic heterocycles. The Morgan fingerprint density at radius 1 is 1.33 bits per heavy atom. The van der Waals surface area contributed by atoms with E-state index in [1.807, 2.05) is 6.20 Å². The molecule has 1 radical (unpaired) electrons. The summed E-state index contributed by atoms with van der Waals surface area (Å²) in [7, 11) is 0. The summed E-state index contributed by atoms with van der Waals surface area (Å²) in [5.74, 6) is 0.851. The van der Waals surface area contributed by atoms with Crippen LogP contribution in [0.25, 0.3) is 5.82 Å². The third-order valence-corrected chi connectivity index (χ3v) is 3.11. The van der Waals surface area contributed by atoms with Crippen LogP contribution in [0.15, 0.2) is 30.7 Å². The third kappa shape index (κ3) is 2.57. The van der Waals surface area contributed by atoms with Crippen molar-refractivity contribution in [2.45, 2.75) is 6.54 Å². The van der Waals surface area contributed by atoms with Crippen molar-refractivity contribution >= 4 is 0 Å². The van der Waals surface area contributed by atoms with Crippen molar-refractivity contribution in [1.29, 1.82) is 0 Å². The first-order valence-corrected chi connectivity index (χ1v) is 6.21. The fourth-order valence-corrected chi connectivity index (χ4v) is 2.17. The predicted molar refractivity (Wildman–Crippen MR) is 68.3 cm³/mol. The van der Waals surface area contributed by atoms with Crippen molar-refractivity contribution in [2.24, 2.45) is 0 Å². The van der Waals surface area contributed by atoms with Crippen LogP contribution in [-0.4, -0.2) is 45.8 Å². The summed E-state index contributed by atoms with van der Waals surface area (Å²) in [5.41, 5.74) is 1.28. The lowest BCUT2D eigenvalue weighted by molar-refractivity contribution is 0.233. The van der Waals surface area contributed by atoms with Crippen LogP contribution in [0.4, 0.5) is 0 Å². The Bertz CT molecular complexity index is 488. The lowest BCUT2D eigenvalue weighted by atomic mass is 10.2. The highest BCUT2D eigenvalue weighted by molar-refractivity contribution is 5.26. The van der Waals surface area contributed by atoms with Gasteiger partial charge < -0.3 is 5.32 Å². The van der Waals surface area contributed by atoms with Crippen molar-refractivity contribution < 1.29 is 0 Å². The molecule has 0 saturated carbocycles. The fourth-order valence-electron chi connectivity index (χ4n) is 2.17. The Hall–Kier alpha value is -1.72. The molecule has 93 valence electrons. The minimum Gasteiger partial charge on any atom is -0.314 e. The molecule has 1 aliphatic rings. The molecule has 3 heterocycles. The Balaban J connectivity index is 1.74. The van der Waals surface area contributed by atoms with Gasteiger partial charge >= 0.3 is 0 Å². The minimum atomic E-state index is 0.851. The minimum absolute atomic E-state index is 0.851. The van der Waals surface area contributed by atoms with Crippen LogP contribution in [-0.2, 0) is 6.54 Å². The highest BCUT2D eigenvalue weighted by atomic mass is 15.3. The van der Waals surface area contributed by atoms with Crippen LogP contribution >= 0.6 is 0 Å². The molecule has 1 aliphatic heterocycles. The standard InChI is InChI=1S/C13H16N5/c1-3-16-18(7-1)13-10-12(2-4-15-13)11-17-8-5-14-6-9-17/h2-4,7,10,14H,5-6,8-9,11H2. The van der Waals surface area contributed by atoms with Gasteiger partial charge in [-0.1, -0.05) is 0 Å². The van der Waals surface area contributed by atoms with E-state index in [2.05, 4.69) is 38.5 Å². The van der Waals surface area contributed by atoms with E-state index in [1.54, 1.807) is 17.1 Å². The lowest BCUT2D eigenvalue weighted by Crippen LogP contribution is -2.42. The van der Waals surface area contributed by atoms with Crippen LogP contribution in [0.2, 0.25) is 0 Å². The van der Waals surface area contributed by atoms with Gasteiger partial charge in [-0.3, -0.25) is 4.90 Å². The number of nitrogens with zero attached hydrogens (tertiary/aromatic N) is 4. The van der Waals surface area contributed by atoms with E-state index >= 15 is 0 Å². The summed E-state index contributed by atoms with van der Waals surface area (Å²) in [6.07, 6.45) is 5.27. The third-order valence-electron chi connectivity index (χ3n) is 3.11. The van der Waals surface area contributed by atoms with Gasteiger partial charge in [0.05, 0.1) is 6.20 Å². The van der Waals surface area contributed by atoms with Crippen molar-refractivity contribution in [1.82, 2.24) is 25.0 Å². The van der Waals surface area contributed by atoms with Gasteiger partial charge in [0, 0.05) is 51.2 Å². The summed E-state index contributed by atoms with van der Waals surface area (Å²) in [5, 5.41) is 7.51. The number of hydrogen-bond donors (Lipinski definition) is 1. The molecule has 18 heavy (non-hydrogen) atoms. The molecule has 5 nitrogen and oxygen atoms in total. The summed E-state index contributed by atoms with van der Waals surface area (Å²) in [6.45, 7) is 5.33. The zero-order chi connectivity index (χ0) is 12.2. The predicted octanol–water partition coefficient (Wildman–Crippen LogP) is 0.473. The SMILES string of the molecule is [c]1cnn(-c2cc(CN3CCNCC3)ccn2)c1. The van der Waals surface area contributed by atoms with Gasteiger partial charge in [-0.15, -0.1) is 0 Å². The molecule has 0 unspecified atom stereocenters. The molecule has 5 heteroatoms. The topological polar surface area (TPSA) is 46.0 Å². The average molecular weight is 242 g/mol. The second-order valence-corrected chi connectivity index (χ2v) is 4.43. The van der Waals surface area contributed by atoms with Crippen LogP contribution in [0.5, 0.6) is 0 Å². The summed E-state index contributed by atoms with van der Waals surface area (Å²) in [4.78, 5) is 6.77. The van der Waals surface area contributed by atoms with E-state index in [4.69, 9.17) is 0 Å². The second-order valence-electron chi connectivity index (χ2n) is 4.43. The Morgan fingerprint density at radius 2 is 2.22 bits per heavy atom. The molecular weight excluding hydrogens is 226 g/mol. The maximum absolute atomic E-state index is 4.32. The van der Waals surface area contributed by atoms with E-state index in [0.29, 0.717) is 0 Å². The van der Waals surface area contributed by atoms with E-state index in [9.17, 15) is 0 Å². The number of hydrogen-bond acceptors (Lipinski definition) is 4. The van der Waals surface area contributed by atoms with Gasteiger partial charge in [-0.2, -0.15) is 5.10 Å². The molecule has 3 rings (SSSR count). The first-order valence-electron chi connectivity index (χ1n) is 6.21. The lowest BCUT2D eigenvalue weighted by Gasteiger charge is -2.27. The Labute approximate surface area is 106 Å². The first-order chi connectivity index (χ1) is 8.92. The van der Waals surface area contributed by atoms with Gasteiger partial charge in [0.15, 0.2) is 5.82 Å². The highest BCUT2D eigenvalue weighted by Crippen LogP contribution is 2.09. The van der Waals surface area contributed by atoms with Gasteiger partial charge in [0.2, 0.25) is 0 Å². The first kappa shape index (κ1) is 11.4. The zero-order valence-electron chi connectivity index (χ0n) is 10.2. The molecule has 0 aliphatic carbocycles. The smallest absolute Gasteiger partial charge is 0.153 e. The Kier molecular flexibility index (Phi) is 3.34. The number of rotatable bonds is 3. The van der Waals surface area contributed by atoms with E-state index in [-0.39, 0.29) is 0 Å². The van der Waals surface area contributed by atoms with Crippen LogP contribution in [0, 0.1) is 6.07 Å². The van der Waals surface area contributed by atoms with Crippen LogP contribution in [0.1, 0.15) is 5.56 Å². The van der Waals surface area contributed by atoms with Crippen LogP contribution in [0.3, 0.4) is 0 Å². The number of nitrogens with one attached hydrogen (secondary N) is 1. The quantitative estimate of drug-likeness (QED) is 0.850. The normalized spacial score (nSPS) is 16.9. The van der Waals surface area contributed by atoms with E-state index < -0.39 is 0 Å². The maximum Gasteiger partial charge on any atom is 0.153 e. The molecule has 1 fully saturated rings. The number of pyridine rings is 1. The van der Waals surface area contributed by atoms with Crippen molar-refractivity contribution in [2.75, 3.05) is 26.2 Å². The Morgan fingerprint density at radius 3 is 3.00 bits per heavy atom. The van der Waals surface area contributed by atoms with Gasteiger partial charge in [-0.25, -0.2) is 9.67 Å². The highest BCUT2D eigenvalue weighted by Gasteiger charge is 2.10. The van der Waals surface area contributed by atoms with Gasteiger partial charge in [-0.05, 0) is 17.7 Å².